The maximum atomic E-state index is 13.0. The Morgan fingerprint density at radius 2 is 1.47 bits per heavy atom. The number of aliphatic hydroxyl groups is 1. The number of hydrogen-bond donors (Lipinski definition) is 3. The molecule has 3 fully saturated rings. The number of carbonyl (C=O) groups excluding carboxylic acids is 1. The van der Waals surface area contributed by atoms with Crippen molar-refractivity contribution >= 4 is 6.03 Å². The van der Waals surface area contributed by atoms with Gasteiger partial charge in [0.2, 0.25) is 0 Å². The number of fused-ring (bicyclic) bond motifs is 2. The Hall–Kier alpha value is -2.37. The highest BCUT2D eigenvalue weighted by molar-refractivity contribution is 5.75. The molecular formula is C31H43N3O2. The van der Waals surface area contributed by atoms with Crippen molar-refractivity contribution in [1.29, 1.82) is 0 Å². The van der Waals surface area contributed by atoms with Gasteiger partial charge < -0.3 is 20.6 Å². The second kappa shape index (κ2) is 11.4. The molecule has 2 amide bonds. The number of nitrogens with one attached hydrogen (secondary N) is 2. The number of amides is 2. The zero-order valence-corrected chi connectivity index (χ0v) is 21.7. The van der Waals surface area contributed by atoms with Crippen LogP contribution in [0.1, 0.15) is 69.4 Å². The summed E-state index contributed by atoms with van der Waals surface area (Å²) < 4.78 is 0. The summed E-state index contributed by atoms with van der Waals surface area (Å²) in [5, 5.41) is 18.1. The van der Waals surface area contributed by atoms with E-state index >= 15 is 0 Å². The molecule has 2 aromatic rings. The predicted molar refractivity (Wildman–Crippen MR) is 145 cm³/mol. The molecule has 36 heavy (non-hydrogen) atoms. The van der Waals surface area contributed by atoms with E-state index in [0.29, 0.717) is 0 Å². The van der Waals surface area contributed by atoms with E-state index in [9.17, 15) is 9.90 Å². The molecule has 0 radical (unpaired) electrons. The van der Waals surface area contributed by atoms with Crippen molar-refractivity contribution < 1.29 is 9.90 Å². The Labute approximate surface area is 216 Å². The number of benzene rings is 2. The fourth-order valence-electron chi connectivity index (χ4n) is 7.04. The van der Waals surface area contributed by atoms with Gasteiger partial charge in [0.1, 0.15) is 5.60 Å². The maximum absolute atomic E-state index is 13.0. The molecule has 0 aromatic heterocycles. The Morgan fingerprint density at radius 3 is 2.03 bits per heavy atom. The van der Waals surface area contributed by atoms with Crippen LogP contribution >= 0.6 is 0 Å². The molecule has 1 saturated heterocycles. The summed E-state index contributed by atoms with van der Waals surface area (Å²) in [4.78, 5) is 15.7. The van der Waals surface area contributed by atoms with Gasteiger partial charge in [-0.25, -0.2) is 4.79 Å². The van der Waals surface area contributed by atoms with Gasteiger partial charge in [0.15, 0.2) is 0 Å². The topological polar surface area (TPSA) is 64.6 Å². The van der Waals surface area contributed by atoms with Gasteiger partial charge in [0.25, 0.3) is 0 Å². The molecule has 194 valence electrons. The van der Waals surface area contributed by atoms with Crippen LogP contribution in [0.5, 0.6) is 0 Å². The Kier molecular flexibility index (Phi) is 7.97. The molecule has 2 aromatic carbocycles. The van der Waals surface area contributed by atoms with E-state index in [0.717, 1.165) is 41.7 Å². The van der Waals surface area contributed by atoms with E-state index in [1.165, 1.54) is 58.2 Å². The highest BCUT2D eigenvalue weighted by Gasteiger charge is 2.39. The van der Waals surface area contributed by atoms with Crippen LogP contribution in [-0.2, 0) is 5.60 Å². The number of hydrogen-bond acceptors (Lipinski definition) is 3. The molecule has 3 aliphatic rings. The van der Waals surface area contributed by atoms with Crippen molar-refractivity contribution in [3.05, 3.63) is 71.8 Å². The molecule has 3 N–H and O–H groups in total. The molecular weight excluding hydrogens is 446 g/mol. The van der Waals surface area contributed by atoms with E-state index in [4.69, 9.17) is 0 Å². The number of piperidine rings is 1. The van der Waals surface area contributed by atoms with E-state index in [2.05, 4.69) is 15.5 Å². The van der Waals surface area contributed by atoms with Gasteiger partial charge in [-0.05, 0) is 93.7 Å². The average molecular weight is 490 g/mol. The van der Waals surface area contributed by atoms with Gasteiger partial charge >= 0.3 is 6.03 Å². The van der Waals surface area contributed by atoms with Crippen LogP contribution in [0, 0.1) is 17.8 Å². The van der Waals surface area contributed by atoms with Gasteiger partial charge in [-0.3, -0.25) is 0 Å². The number of nitrogens with zero attached hydrogens (tertiary/aromatic N) is 1. The van der Waals surface area contributed by atoms with Crippen molar-refractivity contribution in [3.63, 3.8) is 0 Å². The van der Waals surface area contributed by atoms with Crippen LogP contribution in [0.2, 0.25) is 0 Å². The fraction of sp³-hybridized carbons (Fsp3) is 0.581. The highest BCUT2D eigenvalue weighted by atomic mass is 16.3. The molecule has 5 rings (SSSR count). The van der Waals surface area contributed by atoms with Gasteiger partial charge in [0.05, 0.1) is 6.04 Å². The summed E-state index contributed by atoms with van der Waals surface area (Å²) in [5.41, 5.74) is 0.225. The molecule has 5 nitrogen and oxygen atoms in total. The van der Waals surface area contributed by atoms with Crippen LogP contribution in [0.3, 0.4) is 0 Å². The van der Waals surface area contributed by atoms with Gasteiger partial charge in [-0.15, -0.1) is 0 Å². The zero-order valence-electron chi connectivity index (χ0n) is 21.7. The SMILES string of the molecule is C[C@@H](NC(=O)N[C@H]1CC[C@H](CCN2C[C@@H]3CC[C@@H](C3)C2)CC1)C(O)(c1ccccc1)c1ccccc1. The van der Waals surface area contributed by atoms with E-state index < -0.39 is 11.6 Å². The summed E-state index contributed by atoms with van der Waals surface area (Å²) in [6, 6.07) is 18.7. The lowest BCUT2D eigenvalue weighted by Crippen LogP contribution is -2.54. The van der Waals surface area contributed by atoms with E-state index in [1.807, 2.05) is 67.6 Å². The Bertz CT molecular complexity index is 922. The Morgan fingerprint density at radius 1 is 0.917 bits per heavy atom. The van der Waals surface area contributed by atoms with Crippen molar-refractivity contribution in [2.45, 2.75) is 76.0 Å². The molecule has 0 unspecified atom stereocenters. The summed E-state index contributed by atoms with van der Waals surface area (Å²) in [6.07, 6.45) is 10.1. The van der Waals surface area contributed by atoms with Crippen molar-refractivity contribution in [2.24, 2.45) is 17.8 Å². The largest absolute Gasteiger partial charge is 0.378 e. The minimum Gasteiger partial charge on any atom is -0.378 e. The Balaban J connectivity index is 1.10. The molecule has 1 aliphatic heterocycles. The number of likely N-dealkylation sites (tertiary alicyclic amines) is 1. The van der Waals surface area contributed by atoms with Crippen molar-refractivity contribution in [2.75, 3.05) is 19.6 Å². The third-order valence-corrected chi connectivity index (χ3v) is 9.12. The zero-order chi connectivity index (χ0) is 25.0. The first-order chi connectivity index (χ1) is 17.5. The lowest BCUT2D eigenvalue weighted by molar-refractivity contribution is 0.0470. The predicted octanol–water partition coefficient (Wildman–Crippen LogP) is 5.29. The van der Waals surface area contributed by atoms with Gasteiger partial charge in [-0.1, -0.05) is 60.7 Å². The summed E-state index contributed by atoms with van der Waals surface area (Å²) in [7, 11) is 0. The van der Waals surface area contributed by atoms with Gasteiger partial charge in [0, 0.05) is 19.1 Å². The third kappa shape index (κ3) is 5.78. The monoisotopic (exact) mass is 489 g/mol. The smallest absolute Gasteiger partial charge is 0.315 e. The second-order valence-corrected chi connectivity index (χ2v) is 11.6. The number of carbonyl (C=O) groups is 1. The van der Waals surface area contributed by atoms with Crippen molar-refractivity contribution in [3.8, 4) is 0 Å². The summed E-state index contributed by atoms with van der Waals surface area (Å²) in [5.74, 6) is 2.71. The standard InChI is InChI=1S/C31H43N3O2/c1-23(31(36,27-8-4-2-5-9-27)28-10-6-3-7-11-28)32-30(35)33-29-16-14-24(15-17-29)18-19-34-21-25-12-13-26(20-25)22-34/h2-11,23-26,29,36H,12-22H2,1H3,(H2,32,33,35)/t23-,24-,25-,26+,29-/m1/s1. The van der Waals surface area contributed by atoms with E-state index in [1.54, 1.807) is 0 Å². The summed E-state index contributed by atoms with van der Waals surface area (Å²) in [6.45, 7) is 5.78. The molecule has 3 atom stereocenters. The molecule has 2 saturated carbocycles. The molecule has 2 aliphatic carbocycles. The second-order valence-electron chi connectivity index (χ2n) is 11.6. The number of rotatable bonds is 8. The lowest BCUT2D eigenvalue weighted by Gasteiger charge is -2.37. The van der Waals surface area contributed by atoms with Crippen molar-refractivity contribution in [1.82, 2.24) is 15.5 Å². The van der Waals surface area contributed by atoms with Crippen LogP contribution in [0.4, 0.5) is 4.79 Å². The van der Waals surface area contributed by atoms with Crippen LogP contribution in [0.25, 0.3) is 0 Å². The third-order valence-electron chi connectivity index (χ3n) is 9.12. The van der Waals surface area contributed by atoms with Crippen LogP contribution in [-0.4, -0.2) is 47.8 Å². The lowest BCUT2D eigenvalue weighted by atomic mass is 9.81. The first-order valence-electron chi connectivity index (χ1n) is 14.1. The normalized spacial score (nSPS) is 27.4. The highest BCUT2D eigenvalue weighted by Crippen LogP contribution is 2.37. The molecule has 1 heterocycles. The summed E-state index contributed by atoms with van der Waals surface area (Å²) >= 11 is 0. The van der Waals surface area contributed by atoms with Crippen LogP contribution < -0.4 is 10.6 Å². The van der Waals surface area contributed by atoms with Gasteiger partial charge in [-0.2, -0.15) is 0 Å². The minimum absolute atomic E-state index is 0.194. The molecule has 5 heteroatoms. The maximum Gasteiger partial charge on any atom is 0.315 e. The first-order valence-corrected chi connectivity index (χ1v) is 14.1. The molecule has 2 bridgehead atoms. The average Bonchev–Trinajstić information content (AvgIpc) is 3.26. The minimum atomic E-state index is -1.31. The van der Waals surface area contributed by atoms with Crippen LogP contribution in [0.15, 0.2) is 60.7 Å². The number of urea groups is 1. The first kappa shape index (κ1) is 25.3. The quantitative estimate of drug-likeness (QED) is 0.472. The fourth-order valence-corrected chi connectivity index (χ4v) is 7.04. The van der Waals surface area contributed by atoms with E-state index in [-0.39, 0.29) is 12.1 Å². The molecule has 0 spiro atoms.